The number of hydrazone groups is 1. The van der Waals surface area contributed by atoms with Crippen LogP contribution in [0.2, 0.25) is 5.02 Å². The molecule has 0 aliphatic rings. The summed E-state index contributed by atoms with van der Waals surface area (Å²) in [6.45, 7) is 3.42. The molecule has 0 amide bonds. The highest BCUT2D eigenvalue weighted by Crippen LogP contribution is 2.32. The first-order chi connectivity index (χ1) is 12.2. The monoisotopic (exact) mass is 382 g/mol. The van der Waals surface area contributed by atoms with E-state index >= 15 is 0 Å². The zero-order chi connectivity index (χ0) is 19.3. The van der Waals surface area contributed by atoms with Gasteiger partial charge in [-0.25, -0.2) is 9.80 Å². The van der Waals surface area contributed by atoms with Crippen LogP contribution in [0.5, 0.6) is 0 Å². The van der Waals surface area contributed by atoms with Gasteiger partial charge in [-0.3, -0.25) is 0 Å². The van der Waals surface area contributed by atoms with Gasteiger partial charge in [-0.05, 0) is 54.4 Å². The van der Waals surface area contributed by atoms with E-state index < -0.39 is 17.7 Å². The Labute approximate surface area is 152 Å². The van der Waals surface area contributed by atoms with Crippen LogP contribution in [0, 0.1) is 0 Å². The lowest BCUT2D eigenvalue weighted by atomic mass is 10.1. The zero-order valence-corrected chi connectivity index (χ0v) is 14.1. The third-order valence-corrected chi connectivity index (χ3v) is 3.86. The molecule has 1 N–H and O–H groups in total. The number of benzene rings is 2. The number of rotatable bonds is 6. The molecule has 0 atom stereocenters. The molecule has 0 bridgehead atoms. The largest absolute Gasteiger partial charge is 0.478 e. The quantitative estimate of drug-likeness (QED) is 0.549. The lowest BCUT2D eigenvalue weighted by Crippen LogP contribution is -2.07. The predicted octanol–water partition coefficient (Wildman–Crippen LogP) is 5.24. The van der Waals surface area contributed by atoms with E-state index in [-0.39, 0.29) is 17.0 Å². The molecule has 0 fully saturated rings. The van der Waals surface area contributed by atoms with Crippen LogP contribution >= 0.6 is 11.6 Å². The van der Waals surface area contributed by atoms with Gasteiger partial charge >= 0.3 is 12.1 Å². The molecule has 0 aromatic heterocycles. The molecule has 136 valence electrons. The van der Waals surface area contributed by atoms with Gasteiger partial charge in [0.1, 0.15) is 0 Å². The summed E-state index contributed by atoms with van der Waals surface area (Å²) in [6.07, 6.45) is -1.19. The topological polar surface area (TPSA) is 52.9 Å². The Morgan fingerprint density at radius 3 is 2.42 bits per heavy atom. The summed E-state index contributed by atoms with van der Waals surface area (Å²) in [5, 5.41) is 14.3. The Morgan fingerprint density at radius 2 is 1.88 bits per heavy atom. The van der Waals surface area contributed by atoms with Gasteiger partial charge in [0.05, 0.1) is 16.8 Å². The van der Waals surface area contributed by atoms with E-state index in [1.807, 2.05) is 0 Å². The van der Waals surface area contributed by atoms with Crippen molar-refractivity contribution >= 4 is 30.0 Å². The number of carboxylic acid groups (broad SMARTS) is 1. The van der Waals surface area contributed by atoms with Crippen molar-refractivity contribution in [3.63, 3.8) is 0 Å². The van der Waals surface area contributed by atoms with E-state index in [2.05, 4.69) is 11.8 Å². The molecule has 0 saturated heterocycles. The number of nitrogens with zero attached hydrogens (tertiary/aromatic N) is 2. The highest BCUT2D eigenvalue weighted by atomic mass is 35.5. The SMILES string of the molecule is C=NN(/C=C\Cc1cc(C(F)(F)F)ccc1Cl)c1ccc(C(=O)O)cc1. The van der Waals surface area contributed by atoms with Crippen LogP contribution < -0.4 is 5.01 Å². The molecular formula is C18H14ClF3N2O2. The average molecular weight is 383 g/mol. The van der Waals surface area contributed by atoms with E-state index in [1.165, 1.54) is 29.4 Å². The Hall–Kier alpha value is -2.80. The van der Waals surface area contributed by atoms with E-state index in [4.69, 9.17) is 16.7 Å². The molecule has 0 aliphatic carbocycles. The first kappa shape index (κ1) is 19.5. The Morgan fingerprint density at radius 1 is 1.23 bits per heavy atom. The van der Waals surface area contributed by atoms with Gasteiger partial charge in [0, 0.05) is 17.9 Å². The molecule has 4 nitrogen and oxygen atoms in total. The van der Waals surface area contributed by atoms with Crippen LogP contribution in [0.4, 0.5) is 18.9 Å². The van der Waals surface area contributed by atoms with Crippen molar-refractivity contribution < 1.29 is 23.1 Å². The third kappa shape index (κ3) is 4.86. The second-order valence-electron chi connectivity index (χ2n) is 5.23. The predicted molar refractivity (Wildman–Crippen MR) is 94.7 cm³/mol. The Balaban J connectivity index is 2.15. The number of hydrogen-bond acceptors (Lipinski definition) is 3. The molecule has 8 heteroatoms. The number of alkyl halides is 3. The maximum absolute atomic E-state index is 12.8. The van der Waals surface area contributed by atoms with E-state index in [9.17, 15) is 18.0 Å². The fraction of sp³-hybridized carbons (Fsp3) is 0.111. The third-order valence-electron chi connectivity index (χ3n) is 3.49. The van der Waals surface area contributed by atoms with E-state index in [1.54, 1.807) is 18.2 Å². The molecule has 0 unspecified atom stereocenters. The van der Waals surface area contributed by atoms with E-state index in [0.29, 0.717) is 11.3 Å². The van der Waals surface area contributed by atoms with Crippen LogP contribution in [0.1, 0.15) is 21.5 Å². The summed E-state index contributed by atoms with van der Waals surface area (Å²) in [5.74, 6) is -1.05. The van der Waals surface area contributed by atoms with Crippen LogP contribution in [0.25, 0.3) is 0 Å². The van der Waals surface area contributed by atoms with Gasteiger partial charge in [-0.1, -0.05) is 17.7 Å². The maximum Gasteiger partial charge on any atom is 0.416 e. The minimum Gasteiger partial charge on any atom is -0.478 e. The average Bonchev–Trinajstić information content (AvgIpc) is 2.59. The summed E-state index contributed by atoms with van der Waals surface area (Å²) in [5.41, 5.74) is 0.227. The van der Waals surface area contributed by atoms with Crippen LogP contribution in [0.3, 0.4) is 0 Å². The molecule has 2 rings (SSSR count). The fourth-order valence-electron chi connectivity index (χ4n) is 2.16. The summed E-state index contributed by atoms with van der Waals surface area (Å²) < 4.78 is 38.3. The minimum atomic E-state index is -4.44. The molecule has 2 aromatic rings. The van der Waals surface area contributed by atoms with Gasteiger partial charge < -0.3 is 5.11 Å². The Bertz CT molecular complexity index is 833. The zero-order valence-electron chi connectivity index (χ0n) is 13.4. The lowest BCUT2D eigenvalue weighted by Gasteiger charge is -2.14. The highest BCUT2D eigenvalue weighted by molar-refractivity contribution is 6.31. The van der Waals surface area contributed by atoms with Gasteiger partial charge in [0.25, 0.3) is 0 Å². The first-order valence-electron chi connectivity index (χ1n) is 7.34. The number of carbonyl (C=O) groups is 1. The number of hydrogen-bond donors (Lipinski definition) is 1. The second-order valence-corrected chi connectivity index (χ2v) is 5.64. The number of allylic oxidation sites excluding steroid dienone is 1. The standard InChI is InChI=1S/C18H14ClF3N2O2/c1-23-24(15-7-4-12(5-8-15)17(25)26)10-2-3-13-11-14(18(20,21)22)6-9-16(13)19/h2,4-11H,1,3H2,(H,25,26)/b10-2-. The summed E-state index contributed by atoms with van der Waals surface area (Å²) in [6, 6.07) is 9.04. The van der Waals surface area contributed by atoms with Crippen molar-refractivity contribution in [3.05, 3.63) is 76.5 Å². The highest BCUT2D eigenvalue weighted by Gasteiger charge is 2.30. The number of carboxylic acids is 1. The normalized spacial score (nSPS) is 11.5. The van der Waals surface area contributed by atoms with Crippen LogP contribution in [-0.2, 0) is 12.6 Å². The van der Waals surface area contributed by atoms with Crippen molar-refractivity contribution in [1.29, 1.82) is 0 Å². The van der Waals surface area contributed by atoms with Gasteiger partial charge in [0.2, 0.25) is 0 Å². The van der Waals surface area contributed by atoms with Crippen molar-refractivity contribution in [2.24, 2.45) is 5.10 Å². The molecule has 2 aromatic carbocycles. The number of aromatic carboxylic acids is 1. The van der Waals surface area contributed by atoms with Gasteiger partial charge in [-0.2, -0.15) is 18.3 Å². The van der Waals surface area contributed by atoms with Crippen LogP contribution in [-0.4, -0.2) is 17.8 Å². The number of anilines is 1. The lowest BCUT2D eigenvalue weighted by molar-refractivity contribution is -0.137. The van der Waals surface area contributed by atoms with Crippen molar-refractivity contribution in [3.8, 4) is 0 Å². The van der Waals surface area contributed by atoms with Crippen LogP contribution in [0.15, 0.2) is 59.8 Å². The Kier molecular flexibility index (Phi) is 6.05. The molecular weight excluding hydrogens is 369 g/mol. The minimum absolute atomic E-state index is 0.123. The first-order valence-corrected chi connectivity index (χ1v) is 7.71. The molecule has 26 heavy (non-hydrogen) atoms. The summed E-state index contributed by atoms with van der Waals surface area (Å²) in [4.78, 5) is 10.9. The fourth-order valence-corrected chi connectivity index (χ4v) is 2.35. The molecule has 0 saturated carbocycles. The van der Waals surface area contributed by atoms with Gasteiger partial charge in [0.15, 0.2) is 0 Å². The van der Waals surface area contributed by atoms with Crippen molar-refractivity contribution in [2.75, 3.05) is 5.01 Å². The van der Waals surface area contributed by atoms with Gasteiger partial charge in [-0.15, -0.1) is 0 Å². The smallest absolute Gasteiger partial charge is 0.416 e. The van der Waals surface area contributed by atoms with Crippen molar-refractivity contribution in [2.45, 2.75) is 12.6 Å². The molecule has 0 radical (unpaired) electrons. The number of halogens is 4. The maximum atomic E-state index is 12.8. The molecule has 0 spiro atoms. The summed E-state index contributed by atoms with van der Waals surface area (Å²) in [7, 11) is 0. The molecule has 0 heterocycles. The van der Waals surface area contributed by atoms with E-state index in [0.717, 1.165) is 12.1 Å². The van der Waals surface area contributed by atoms with Crippen molar-refractivity contribution in [1.82, 2.24) is 0 Å². The molecule has 0 aliphatic heterocycles. The second kappa shape index (κ2) is 8.05. The summed E-state index contributed by atoms with van der Waals surface area (Å²) >= 11 is 5.95.